The van der Waals surface area contributed by atoms with Crippen molar-refractivity contribution < 1.29 is 40.7 Å². The van der Waals surface area contributed by atoms with Crippen LogP contribution in [0.2, 0.25) is 0 Å². The lowest BCUT2D eigenvalue weighted by Crippen LogP contribution is -2.58. The number of carbonyl (C=O) groups is 4. The summed E-state index contributed by atoms with van der Waals surface area (Å²) in [6.07, 6.45) is 6.57. The third-order valence-electron chi connectivity index (χ3n) is 9.29. The number of ether oxygens (including phenoxy) is 1. The van der Waals surface area contributed by atoms with Crippen molar-refractivity contribution in [2.75, 3.05) is 6.54 Å². The Labute approximate surface area is 298 Å². The number of hydrogen-bond donors (Lipinski definition) is 3. The lowest BCUT2D eigenvalue weighted by atomic mass is 10.0. The van der Waals surface area contributed by atoms with E-state index in [0.29, 0.717) is 30.2 Å². The maximum Gasteiger partial charge on any atom is 0.408 e. The number of halogens is 1. The van der Waals surface area contributed by atoms with Gasteiger partial charge in [-0.25, -0.2) is 9.00 Å². The van der Waals surface area contributed by atoms with E-state index in [4.69, 9.17) is 8.92 Å². The van der Waals surface area contributed by atoms with Gasteiger partial charge in [0.25, 0.3) is 16.0 Å². The molecule has 49 heavy (non-hydrogen) atoms. The van der Waals surface area contributed by atoms with E-state index in [1.807, 2.05) is 19.1 Å². The molecule has 1 aromatic carbocycles. The number of allylic oxidation sites excluding steroid dienone is 1. The molecule has 1 unspecified atom stereocenters. The zero-order chi connectivity index (χ0) is 35.8. The summed E-state index contributed by atoms with van der Waals surface area (Å²) in [6.45, 7) is 6.66. The van der Waals surface area contributed by atoms with Crippen molar-refractivity contribution in [2.24, 2.45) is 5.92 Å². The van der Waals surface area contributed by atoms with E-state index < -0.39 is 79.0 Å². The second-order valence-corrected chi connectivity index (χ2v) is 18.8. The minimum atomic E-state index is -4.29. The molecular weight excluding hydrogens is 740 g/mol. The van der Waals surface area contributed by atoms with E-state index in [1.165, 1.54) is 17.0 Å². The molecule has 0 bridgehead atoms. The van der Waals surface area contributed by atoms with Gasteiger partial charge in [-0.2, -0.15) is 8.42 Å². The number of alkyl carbamates (subject to hydrolysis) is 1. The zero-order valence-corrected chi connectivity index (χ0v) is 31.4. The first-order chi connectivity index (χ1) is 22.9. The second kappa shape index (κ2) is 14.4. The average molecular weight is 786 g/mol. The molecular formula is C33H45BrN4O9S2. The lowest BCUT2D eigenvalue weighted by molar-refractivity contribution is -0.141. The summed E-state index contributed by atoms with van der Waals surface area (Å²) < 4.78 is 53.2. The molecule has 0 radical (unpaired) electrons. The van der Waals surface area contributed by atoms with Crippen LogP contribution in [-0.4, -0.2) is 82.0 Å². The van der Waals surface area contributed by atoms with E-state index in [-0.39, 0.29) is 36.6 Å². The van der Waals surface area contributed by atoms with Crippen LogP contribution in [0.4, 0.5) is 4.79 Å². The highest BCUT2D eigenvalue weighted by molar-refractivity contribution is 9.10. The molecule has 2 saturated carbocycles. The zero-order valence-electron chi connectivity index (χ0n) is 28.2. The van der Waals surface area contributed by atoms with Crippen LogP contribution in [0.3, 0.4) is 0 Å². The third kappa shape index (κ3) is 9.11. The molecule has 6 atom stereocenters. The van der Waals surface area contributed by atoms with Gasteiger partial charge in [0.2, 0.25) is 11.8 Å². The van der Waals surface area contributed by atoms with Crippen molar-refractivity contribution in [3.63, 3.8) is 0 Å². The first kappa shape index (κ1) is 37.4. The third-order valence-corrected chi connectivity index (χ3v) is 12.9. The van der Waals surface area contributed by atoms with Crippen LogP contribution in [-0.2, 0) is 44.4 Å². The van der Waals surface area contributed by atoms with Gasteiger partial charge in [-0.05, 0) is 90.5 Å². The Hall–Kier alpha value is -2.82. The topological polar surface area (TPSA) is 177 Å². The Morgan fingerprint density at radius 1 is 1.10 bits per heavy atom. The van der Waals surface area contributed by atoms with Crippen LogP contribution in [0.25, 0.3) is 0 Å². The molecule has 2 aliphatic carbocycles. The van der Waals surface area contributed by atoms with Crippen LogP contribution in [0.15, 0.2) is 45.8 Å². The number of amides is 4. The van der Waals surface area contributed by atoms with Crippen LogP contribution in [0.5, 0.6) is 0 Å². The molecule has 4 aliphatic rings. The SMILES string of the molecule is CC(C)(C)OC(=O)N[C@H]1CCCCC/C=C\[C@@H]2C[C@@]2(C(=O)NS(=O)C2(C)CC2)NC(=O)[C@@H]2C[C@H](OS(=O)(=O)c3ccc(Br)cc3)CN2C1=O. The molecule has 270 valence electrons. The second-order valence-electron chi connectivity index (χ2n) is 14.6. The smallest absolute Gasteiger partial charge is 0.408 e. The highest BCUT2D eigenvalue weighted by Crippen LogP contribution is 2.47. The van der Waals surface area contributed by atoms with Crippen LogP contribution >= 0.6 is 15.9 Å². The molecule has 5 rings (SSSR count). The average Bonchev–Trinajstić information content (AvgIpc) is 3.88. The number of fused-ring (bicyclic) bond motifs is 2. The van der Waals surface area contributed by atoms with Gasteiger partial charge >= 0.3 is 6.09 Å². The summed E-state index contributed by atoms with van der Waals surface area (Å²) in [5, 5.41) is 5.53. The van der Waals surface area contributed by atoms with Gasteiger partial charge in [0.1, 0.15) is 34.2 Å². The Bertz CT molecular complexity index is 1620. The number of benzene rings is 1. The van der Waals surface area contributed by atoms with Gasteiger partial charge in [0.05, 0.1) is 15.7 Å². The fourth-order valence-electron chi connectivity index (χ4n) is 6.10. The largest absolute Gasteiger partial charge is 0.444 e. The highest BCUT2D eigenvalue weighted by atomic mass is 79.9. The van der Waals surface area contributed by atoms with Gasteiger partial charge in [0, 0.05) is 23.4 Å². The molecule has 3 fully saturated rings. The van der Waals surface area contributed by atoms with Crippen molar-refractivity contribution in [2.45, 2.75) is 124 Å². The predicted octanol–water partition coefficient (Wildman–Crippen LogP) is 3.74. The number of carbonyl (C=O) groups excluding carboxylic acids is 4. The van der Waals surface area contributed by atoms with Crippen LogP contribution in [0.1, 0.15) is 85.5 Å². The quantitative estimate of drug-likeness (QED) is 0.275. The fourth-order valence-corrected chi connectivity index (χ4v) is 8.51. The Kier molecular flexibility index (Phi) is 11.0. The van der Waals surface area contributed by atoms with Gasteiger partial charge < -0.3 is 20.3 Å². The monoisotopic (exact) mass is 784 g/mol. The fraction of sp³-hybridized carbons (Fsp3) is 0.636. The van der Waals surface area contributed by atoms with Gasteiger partial charge in [-0.1, -0.05) is 40.9 Å². The molecule has 1 aromatic rings. The molecule has 0 aromatic heterocycles. The minimum absolute atomic E-state index is 0.0963. The maximum atomic E-state index is 14.2. The molecule has 4 amide bonds. The summed E-state index contributed by atoms with van der Waals surface area (Å²) in [6, 6.07) is 3.57. The normalized spacial score (nSPS) is 29.9. The van der Waals surface area contributed by atoms with E-state index in [1.54, 1.807) is 32.9 Å². The number of hydrogen-bond acceptors (Lipinski definition) is 9. The first-order valence-corrected chi connectivity index (χ1v) is 20.0. The van der Waals surface area contributed by atoms with Crippen molar-refractivity contribution >= 4 is 60.8 Å². The van der Waals surface area contributed by atoms with Crippen molar-refractivity contribution in [3.05, 3.63) is 40.9 Å². The summed E-state index contributed by atoms with van der Waals surface area (Å²) in [5.74, 6) is -2.21. The van der Waals surface area contributed by atoms with Crippen molar-refractivity contribution in [3.8, 4) is 0 Å². The Morgan fingerprint density at radius 3 is 2.45 bits per heavy atom. The standard InChI is InChI=1S/C33H45BrN4O9S2/c1-31(2,3)46-30(42)35-25-11-9-7-5-6-8-10-21-19-33(21,29(41)37-48(43)32(4)16-17-32)36-27(39)26-18-23(20-38(26)28(25)40)47-49(44,45)24-14-12-22(34)13-15-24/h8,10,12-15,21,23,25-26H,5-7,9,11,16-20H2,1-4H3,(H,35,42)(H,36,39)(H,37,41)/b10-8-/t21-,23+,25+,26+,33-,48?/m1/s1. The summed E-state index contributed by atoms with van der Waals surface area (Å²) in [4.78, 5) is 56.0. The first-order valence-electron chi connectivity index (χ1n) is 16.6. The number of nitrogens with zero attached hydrogens (tertiary/aromatic N) is 1. The van der Waals surface area contributed by atoms with E-state index in [2.05, 4.69) is 31.3 Å². The minimum Gasteiger partial charge on any atom is -0.444 e. The van der Waals surface area contributed by atoms with Gasteiger partial charge in [0.15, 0.2) is 0 Å². The molecule has 2 heterocycles. The molecule has 16 heteroatoms. The summed E-state index contributed by atoms with van der Waals surface area (Å²) in [7, 11) is -5.93. The molecule has 13 nitrogen and oxygen atoms in total. The highest BCUT2D eigenvalue weighted by Gasteiger charge is 2.62. The number of rotatable bonds is 7. The lowest BCUT2D eigenvalue weighted by Gasteiger charge is -2.30. The van der Waals surface area contributed by atoms with Gasteiger partial charge in [-0.3, -0.25) is 23.3 Å². The molecule has 3 N–H and O–H groups in total. The molecule has 0 spiro atoms. The van der Waals surface area contributed by atoms with Crippen molar-refractivity contribution in [1.29, 1.82) is 0 Å². The van der Waals surface area contributed by atoms with Crippen LogP contribution in [0, 0.1) is 5.92 Å². The van der Waals surface area contributed by atoms with Gasteiger partial charge in [-0.15, -0.1) is 0 Å². The van der Waals surface area contributed by atoms with E-state index >= 15 is 0 Å². The number of nitrogens with one attached hydrogen (secondary N) is 3. The summed E-state index contributed by atoms with van der Waals surface area (Å²) in [5.41, 5.74) is -2.22. The predicted molar refractivity (Wildman–Crippen MR) is 185 cm³/mol. The van der Waals surface area contributed by atoms with Crippen molar-refractivity contribution in [1.82, 2.24) is 20.3 Å². The van der Waals surface area contributed by atoms with Crippen LogP contribution < -0.4 is 15.4 Å². The summed E-state index contributed by atoms with van der Waals surface area (Å²) >= 11 is 3.28. The van der Waals surface area contributed by atoms with E-state index in [9.17, 15) is 31.8 Å². The molecule has 2 aliphatic heterocycles. The maximum absolute atomic E-state index is 14.2. The van der Waals surface area contributed by atoms with E-state index in [0.717, 1.165) is 12.8 Å². The molecule has 1 saturated heterocycles. The Morgan fingerprint density at radius 2 is 1.80 bits per heavy atom. The Balaban J connectivity index is 1.44.